The van der Waals surface area contributed by atoms with Gasteiger partial charge in [-0.3, -0.25) is 0 Å². The van der Waals surface area contributed by atoms with Gasteiger partial charge in [-0.2, -0.15) is 0 Å². The lowest BCUT2D eigenvalue weighted by atomic mass is 10.1. The zero-order valence-corrected chi connectivity index (χ0v) is 18.0. The zero-order chi connectivity index (χ0) is 21.0. The van der Waals surface area contributed by atoms with Crippen LogP contribution in [0.1, 0.15) is 51.0 Å². The standard InChI is InChI=1S/C21H25N3O3.C2H6/c1-21(2,23-10-9-22-14-23)13-27-18-6-4-5-16-11-17(20(25)26-3)24(19(16)18)12-15-7-8-15;1-2/h4-6,9-11,14-15H,7-8,12-13H2,1-3H3;1-2H3. The van der Waals surface area contributed by atoms with Gasteiger partial charge >= 0.3 is 5.97 Å². The van der Waals surface area contributed by atoms with Crippen molar-refractivity contribution in [2.45, 2.75) is 52.6 Å². The molecule has 1 aromatic carbocycles. The molecule has 3 aromatic rings. The summed E-state index contributed by atoms with van der Waals surface area (Å²) >= 11 is 0. The van der Waals surface area contributed by atoms with Crippen molar-refractivity contribution in [1.29, 1.82) is 0 Å². The van der Waals surface area contributed by atoms with E-state index in [0.717, 1.165) is 23.2 Å². The summed E-state index contributed by atoms with van der Waals surface area (Å²) in [5, 5.41) is 0.994. The number of ether oxygens (including phenoxy) is 2. The number of hydrogen-bond donors (Lipinski definition) is 0. The molecule has 1 aliphatic rings. The number of nitrogens with zero attached hydrogens (tertiary/aromatic N) is 3. The molecule has 0 atom stereocenters. The van der Waals surface area contributed by atoms with Crippen molar-refractivity contribution in [3.63, 3.8) is 0 Å². The van der Waals surface area contributed by atoms with E-state index in [-0.39, 0.29) is 11.5 Å². The molecule has 0 radical (unpaired) electrons. The molecule has 0 aliphatic heterocycles. The molecule has 1 fully saturated rings. The van der Waals surface area contributed by atoms with Crippen LogP contribution in [0.2, 0.25) is 0 Å². The molecule has 0 amide bonds. The minimum absolute atomic E-state index is 0.238. The van der Waals surface area contributed by atoms with Crippen LogP contribution in [0.4, 0.5) is 0 Å². The van der Waals surface area contributed by atoms with Gasteiger partial charge in [-0.1, -0.05) is 26.0 Å². The maximum atomic E-state index is 12.3. The van der Waals surface area contributed by atoms with Crippen molar-refractivity contribution >= 4 is 16.9 Å². The molecule has 0 bridgehead atoms. The fourth-order valence-corrected chi connectivity index (χ4v) is 3.37. The highest BCUT2D eigenvalue weighted by Crippen LogP contribution is 2.36. The molecule has 1 saturated carbocycles. The number of rotatable bonds is 7. The molecule has 6 heteroatoms. The van der Waals surface area contributed by atoms with Gasteiger partial charge in [-0.05, 0) is 44.7 Å². The zero-order valence-electron chi connectivity index (χ0n) is 18.0. The molecule has 2 aromatic heterocycles. The second-order valence-corrected chi connectivity index (χ2v) is 7.84. The first kappa shape index (κ1) is 21.0. The summed E-state index contributed by atoms with van der Waals surface area (Å²) in [5.41, 5.74) is 1.31. The van der Waals surface area contributed by atoms with E-state index in [1.165, 1.54) is 20.0 Å². The molecule has 4 rings (SSSR count). The summed E-state index contributed by atoms with van der Waals surface area (Å²) in [5.74, 6) is 1.10. The first-order valence-electron chi connectivity index (χ1n) is 10.3. The minimum atomic E-state index is -0.309. The van der Waals surface area contributed by atoms with Gasteiger partial charge in [0, 0.05) is 24.3 Å². The van der Waals surface area contributed by atoms with Crippen LogP contribution in [0.25, 0.3) is 10.9 Å². The van der Waals surface area contributed by atoms with Gasteiger partial charge in [0.05, 0.1) is 24.5 Å². The number of carbonyl (C=O) groups is 1. The van der Waals surface area contributed by atoms with Crippen LogP contribution in [0, 0.1) is 5.92 Å². The number of hydrogen-bond acceptors (Lipinski definition) is 4. The molecular formula is C23H31N3O3. The monoisotopic (exact) mass is 397 g/mol. The lowest BCUT2D eigenvalue weighted by Crippen LogP contribution is -2.32. The Labute approximate surface area is 172 Å². The Bertz CT molecular complexity index is 953. The number of benzene rings is 1. The SMILES string of the molecule is CC.COC(=O)c1cc2cccc(OCC(C)(C)n3ccnc3)c2n1CC1CC1. The Morgan fingerprint density at radius 1 is 1.28 bits per heavy atom. The van der Waals surface area contributed by atoms with E-state index in [4.69, 9.17) is 9.47 Å². The smallest absolute Gasteiger partial charge is 0.354 e. The van der Waals surface area contributed by atoms with Crippen LogP contribution >= 0.6 is 0 Å². The molecule has 1 aliphatic carbocycles. The van der Waals surface area contributed by atoms with Crippen molar-refractivity contribution in [1.82, 2.24) is 14.1 Å². The van der Waals surface area contributed by atoms with Gasteiger partial charge in [0.15, 0.2) is 0 Å². The number of imidazole rings is 1. The lowest BCUT2D eigenvalue weighted by Gasteiger charge is -2.26. The highest BCUT2D eigenvalue weighted by atomic mass is 16.5. The quantitative estimate of drug-likeness (QED) is 0.534. The Morgan fingerprint density at radius 2 is 2.03 bits per heavy atom. The molecule has 0 saturated heterocycles. The molecular weight excluding hydrogens is 366 g/mol. The summed E-state index contributed by atoms with van der Waals surface area (Å²) < 4.78 is 15.4. The van der Waals surface area contributed by atoms with Crippen LogP contribution < -0.4 is 4.74 Å². The summed E-state index contributed by atoms with van der Waals surface area (Å²) in [6.07, 6.45) is 7.92. The number of para-hydroxylation sites is 1. The van der Waals surface area contributed by atoms with E-state index in [0.29, 0.717) is 18.2 Å². The highest BCUT2D eigenvalue weighted by Gasteiger charge is 2.27. The highest BCUT2D eigenvalue weighted by molar-refractivity contribution is 5.97. The topological polar surface area (TPSA) is 58.3 Å². The van der Waals surface area contributed by atoms with E-state index in [9.17, 15) is 4.79 Å². The fourth-order valence-electron chi connectivity index (χ4n) is 3.37. The Hall–Kier alpha value is -2.76. The average Bonchev–Trinajstić information content (AvgIpc) is 3.22. The van der Waals surface area contributed by atoms with Gasteiger partial charge in [-0.15, -0.1) is 0 Å². The molecule has 29 heavy (non-hydrogen) atoms. The molecule has 2 heterocycles. The van der Waals surface area contributed by atoms with Crippen LogP contribution in [0.15, 0.2) is 43.0 Å². The molecule has 0 N–H and O–H groups in total. The lowest BCUT2D eigenvalue weighted by molar-refractivity contribution is 0.0588. The third-order valence-electron chi connectivity index (χ3n) is 5.20. The van der Waals surface area contributed by atoms with E-state index < -0.39 is 0 Å². The third-order valence-corrected chi connectivity index (χ3v) is 5.20. The summed E-state index contributed by atoms with van der Waals surface area (Å²) in [6.45, 7) is 9.53. The maximum absolute atomic E-state index is 12.3. The predicted octanol–water partition coefficient (Wildman–Crippen LogP) is 4.87. The summed E-state index contributed by atoms with van der Waals surface area (Å²) in [7, 11) is 1.42. The van der Waals surface area contributed by atoms with E-state index in [1.807, 2.05) is 48.9 Å². The van der Waals surface area contributed by atoms with Crippen molar-refractivity contribution in [2.24, 2.45) is 5.92 Å². The first-order valence-corrected chi connectivity index (χ1v) is 10.3. The normalized spacial score (nSPS) is 13.7. The Kier molecular flexibility index (Phi) is 6.30. The molecule has 6 nitrogen and oxygen atoms in total. The number of fused-ring (bicyclic) bond motifs is 1. The van der Waals surface area contributed by atoms with E-state index >= 15 is 0 Å². The summed E-state index contributed by atoms with van der Waals surface area (Å²) in [6, 6.07) is 7.84. The molecule has 156 valence electrons. The summed E-state index contributed by atoms with van der Waals surface area (Å²) in [4.78, 5) is 16.4. The Morgan fingerprint density at radius 3 is 2.66 bits per heavy atom. The van der Waals surface area contributed by atoms with Crippen LogP contribution in [-0.4, -0.2) is 33.8 Å². The average molecular weight is 398 g/mol. The van der Waals surface area contributed by atoms with Crippen LogP contribution in [0.5, 0.6) is 5.75 Å². The second-order valence-electron chi connectivity index (χ2n) is 7.84. The van der Waals surface area contributed by atoms with Crippen molar-refractivity contribution in [3.8, 4) is 5.75 Å². The van der Waals surface area contributed by atoms with Crippen molar-refractivity contribution in [3.05, 3.63) is 48.7 Å². The maximum Gasteiger partial charge on any atom is 0.354 e. The van der Waals surface area contributed by atoms with Gasteiger partial charge < -0.3 is 18.6 Å². The van der Waals surface area contributed by atoms with Gasteiger partial charge in [0.2, 0.25) is 0 Å². The number of carbonyl (C=O) groups excluding carboxylic acids is 1. The second kappa shape index (κ2) is 8.72. The van der Waals surface area contributed by atoms with Gasteiger partial charge in [-0.25, -0.2) is 9.78 Å². The number of aromatic nitrogens is 3. The van der Waals surface area contributed by atoms with Crippen molar-refractivity contribution in [2.75, 3.05) is 13.7 Å². The minimum Gasteiger partial charge on any atom is -0.489 e. The van der Waals surface area contributed by atoms with E-state index in [1.54, 1.807) is 12.5 Å². The van der Waals surface area contributed by atoms with Crippen LogP contribution in [-0.2, 0) is 16.8 Å². The fraction of sp³-hybridized carbons (Fsp3) is 0.478. The predicted molar refractivity (Wildman–Crippen MR) is 114 cm³/mol. The largest absolute Gasteiger partial charge is 0.489 e. The number of methoxy groups -OCH3 is 1. The van der Waals surface area contributed by atoms with Crippen LogP contribution in [0.3, 0.4) is 0 Å². The van der Waals surface area contributed by atoms with Gasteiger partial charge in [0.25, 0.3) is 0 Å². The third kappa shape index (κ3) is 4.47. The van der Waals surface area contributed by atoms with Crippen molar-refractivity contribution < 1.29 is 14.3 Å². The van der Waals surface area contributed by atoms with Gasteiger partial charge in [0.1, 0.15) is 18.1 Å². The van der Waals surface area contributed by atoms with E-state index in [2.05, 4.69) is 23.4 Å². The Balaban J connectivity index is 0.00000117. The first-order chi connectivity index (χ1) is 14.0. The number of esters is 1. The molecule has 0 unspecified atom stereocenters. The molecule has 0 spiro atoms.